The number of anilines is 1. The van der Waals surface area contributed by atoms with Crippen molar-refractivity contribution in [2.24, 2.45) is 5.92 Å². The number of carbonyl (C=O) groups is 1. The highest BCUT2D eigenvalue weighted by atomic mass is 79.9. The van der Waals surface area contributed by atoms with Crippen LogP contribution in [0.5, 0.6) is 0 Å². The van der Waals surface area contributed by atoms with E-state index in [2.05, 4.69) is 26.2 Å². The van der Waals surface area contributed by atoms with Gasteiger partial charge in [-0.1, -0.05) is 12.8 Å². The van der Waals surface area contributed by atoms with E-state index in [0.29, 0.717) is 28.7 Å². The van der Waals surface area contributed by atoms with E-state index in [1.807, 2.05) is 4.90 Å². The Balaban J connectivity index is 1.47. The normalized spacial score (nSPS) is 20.0. The number of aromatic nitrogens is 1. The lowest BCUT2D eigenvalue weighted by Gasteiger charge is -2.32. The summed E-state index contributed by atoms with van der Waals surface area (Å²) in [6.45, 7) is 1.51. The lowest BCUT2D eigenvalue weighted by molar-refractivity contribution is -0.122. The van der Waals surface area contributed by atoms with Crippen molar-refractivity contribution in [3.05, 3.63) is 22.6 Å². The van der Waals surface area contributed by atoms with Gasteiger partial charge in [-0.05, 0) is 53.6 Å². The topological polar surface area (TPSA) is 45.2 Å². The average Bonchev–Trinajstić information content (AvgIpc) is 3.01. The fraction of sp³-hybridized carbons (Fsp3) is 0.647. The first kappa shape index (κ1) is 16.7. The Morgan fingerprint density at radius 3 is 2.65 bits per heavy atom. The standard InChI is InChI=1S/C17H23BrFN3O/c18-13-10-15(19)17(20-11-13)22-7-5-12(6-8-22)9-16(23)21-14-3-1-2-4-14/h10-12,14H,1-9H2,(H,21,23). The van der Waals surface area contributed by atoms with E-state index in [-0.39, 0.29) is 11.7 Å². The molecular weight excluding hydrogens is 361 g/mol. The van der Waals surface area contributed by atoms with Gasteiger partial charge in [0.15, 0.2) is 11.6 Å². The van der Waals surface area contributed by atoms with Crippen molar-refractivity contribution >= 4 is 27.7 Å². The Hall–Kier alpha value is -1.17. The van der Waals surface area contributed by atoms with Crippen LogP contribution >= 0.6 is 15.9 Å². The highest BCUT2D eigenvalue weighted by Gasteiger charge is 2.25. The van der Waals surface area contributed by atoms with Crippen molar-refractivity contribution in [2.75, 3.05) is 18.0 Å². The maximum atomic E-state index is 14.0. The van der Waals surface area contributed by atoms with Gasteiger partial charge in [0.05, 0.1) is 0 Å². The van der Waals surface area contributed by atoms with E-state index >= 15 is 0 Å². The molecule has 1 N–H and O–H groups in total. The fourth-order valence-electron chi connectivity index (χ4n) is 3.61. The highest BCUT2D eigenvalue weighted by Crippen LogP contribution is 2.27. The third kappa shape index (κ3) is 4.43. The van der Waals surface area contributed by atoms with Gasteiger partial charge in [-0.3, -0.25) is 4.79 Å². The van der Waals surface area contributed by atoms with Crippen molar-refractivity contribution in [1.29, 1.82) is 0 Å². The Labute approximate surface area is 145 Å². The van der Waals surface area contributed by atoms with Crippen LogP contribution in [0, 0.1) is 11.7 Å². The molecule has 0 radical (unpaired) electrons. The molecule has 0 unspecified atom stereocenters. The van der Waals surface area contributed by atoms with Gasteiger partial charge in [0.25, 0.3) is 0 Å². The van der Waals surface area contributed by atoms with E-state index in [9.17, 15) is 9.18 Å². The highest BCUT2D eigenvalue weighted by molar-refractivity contribution is 9.10. The molecule has 4 nitrogen and oxygen atoms in total. The molecule has 1 saturated heterocycles. The Morgan fingerprint density at radius 2 is 2.00 bits per heavy atom. The third-order valence-corrected chi connectivity index (χ3v) is 5.33. The van der Waals surface area contributed by atoms with E-state index in [1.54, 1.807) is 6.20 Å². The number of hydrogen-bond acceptors (Lipinski definition) is 3. The van der Waals surface area contributed by atoms with Gasteiger partial charge < -0.3 is 10.2 Å². The molecule has 1 aliphatic heterocycles. The molecule has 0 spiro atoms. The van der Waals surface area contributed by atoms with Gasteiger partial charge >= 0.3 is 0 Å². The largest absolute Gasteiger partial charge is 0.354 e. The SMILES string of the molecule is O=C(CC1CCN(c2ncc(Br)cc2F)CC1)NC1CCCC1. The molecule has 1 aromatic rings. The zero-order chi connectivity index (χ0) is 16.2. The summed E-state index contributed by atoms with van der Waals surface area (Å²) in [4.78, 5) is 18.3. The Morgan fingerprint density at radius 1 is 1.30 bits per heavy atom. The molecule has 2 aliphatic rings. The van der Waals surface area contributed by atoms with Gasteiger partial charge in [0.2, 0.25) is 5.91 Å². The van der Waals surface area contributed by atoms with Crippen LogP contribution in [-0.4, -0.2) is 30.0 Å². The Kier molecular flexibility index (Phi) is 5.51. The minimum absolute atomic E-state index is 0.184. The van der Waals surface area contributed by atoms with E-state index in [0.717, 1.165) is 38.8 Å². The van der Waals surface area contributed by atoms with Crippen LogP contribution in [0.1, 0.15) is 44.9 Å². The number of nitrogens with zero attached hydrogens (tertiary/aromatic N) is 2. The number of amides is 1. The molecule has 0 bridgehead atoms. The van der Waals surface area contributed by atoms with Gasteiger partial charge in [-0.25, -0.2) is 9.37 Å². The van der Waals surface area contributed by atoms with Crippen LogP contribution in [0.4, 0.5) is 10.2 Å². The maximum Gasteiger partial charge on any atom is 0.220 e. The summed E-state index contributed by atoms with van der Waals surface area (Å²) in [5.74, 6) is 0.702. The molecule has 1 amide bonds. The first-order valence-corrected chi connectivity index (χ1v) is 9.26. The quantitative estimate of drug-likeness (QED) is 0.862. The Bertz CT molecular complexity index is 555. The van der Waals surface area contributed by atoms with E-state index in [1.165, 1.54) is 18.9 Å². The second-order valence-corrected chi connectivity index (χ2v) is 7.56. The van der Waals surface area contributed by atoms with Gasteiger partial charge in [0, 0.05) is 36.2 Å². The summed E-state index contributed by atoms with van der Waals surface area (Å²) in [5, 5.41) is 3.15. The van der Waals surface area contributed by atoms with Crippen LogP contribution in [0.2, 0.25) is 0 Å². The van der Waals surface area contributed by atoms with Crippen LogP contribution in [0.25, 0.3) is 0 Å². The summed E-state index contributed by atoms with van der Waals surface area (Å²) < 4.78 is 14.6. The molecule has 6 heteroatoms. The van der Waals surface area contributed by atoms with Gasteiger partial charge in [0.1, 0.15) is 0 Å². The minimum atomic E-state index is -0.295. The second-order valence-electron chi connectivity index (χ2n) is 6.64. The molecule has 3 rings (SSSR count). The number of piperidine rings is 1. The third-order valence-electron chi connectivity index (χ3n) is 4.90. The molecule has 1 saturated carbocycles. The molecule has 1 aromatic heterocycles. The van der Waals surface area contributed by atoms with E-state index in [4.69, 9.17) is 0 Å². The van der Waals surface area contributed by atoms with Crippen molar-refractivity contribution in [2.45, 2.75) is 51.0 Å². The van der Waals surface area contributed by atoms with Gasteiger partial charge in [-0.2, -0.15) is 0 Å². The van der Waals surface area contributed by atoms with Crippen LogP contribution in [-0.2, 0) is 4.79 Å². The summed E-state index contributed by atoms with van der Waals surface area (Å²) in [6.07, 6.45) is 8.76. The summed E-state index contributed by atoms with van der Waals surface area (Å²) >= 11 is 3.23. The first-order chi connectivity index (χ1) is 11.1. The predicted octanol–water partition coefficient (Wildman–Crippen LogP) is 3.65. The zero-order valence-corrected chi connectivity index (χ0v) is 14.8. The first-order valence-electron chi connectivity index (χ1n) is 8.47. The number of carbonyl (C=O) groups excluding carboxylic acids is 1. The summed E-state index contributed by atoms with van der Waals surface area (Å²) in [7, 11) is 0. The molecule has 0 aromatic carbocycles. The minimum Gasteiger partial charge on any atom is -0.354 e. The zero-order valence-electron chi connectivity index (χ0n) is 13.2. The van der Waals surface area contributed by atoms with Crippen molar-refractivity contribution in [3.8, 4) is 0 Å². The maximum absolute atomic E-state index is 14.0. The number of pyridine rings is 1. The average molecular weight is 384 g/mol. The van der Waals surface area contributed by atoms with Crippen molar-refractivity contribution in [3.63, 3.8) is 0 Å². The van der Waals surface area contributed by atoms with Crippen LogP contribution < -0.4 is 10.2 Å². The fourth-order valence-corrected chi connectivity index (χ4v) is 3.91. The number of rotatable bonds is 4. The lowest BCUT2D eigenvalue weighted by Crippen LogP contribution is -2.38. The van der Waals surface area contributed by atoms with Crippen LogP contribution in [0.15, 0.2) is 16.7 Å². The lowest BCUT2D eigenvalue weighted by atomic mass is 9.93. The molecule has 2 heterocycles. The van der Waals surface area contributed by atoms with Crippen LogP contribution in [0.3, 0.4) is 0 Å². The molecule has 1 aliphatic carbocycles. The molecular formula is C17H23BrFN3O. The molecule has 0 atom stereocenters. The van der Waals surface area contributed by atoms with E-state index < -0.39 is 0 Å². The molecule has 126 valence electrons. The smallest absolute Gasteiger partial charge is 0.220 e. The molecule has 23 heavy (non-hydrogen) atoms. The van der Waals surface area contributed by atoms with Crippen molar-refractivity contribution in [1.82, 2.24) is 10.3 Å². The predicted molar refractivity (Wildman–Crippen MR) is 91.8 cm³/mol. The number of halogens is 2. The number of nitrogens with one attached hydrogen (secondary N) is 1. The second kappa shape index (κ2) is 7.60. The number of hydrogen-bond donors (Lipinski definition) is 1. The monoisotopic (exact) mass is 383 g/mol. The summed E-state index contributed by atoms with van der Waals surface area (Å²) in [5.41, 5.74) is 0. The van der Waals surface area contributed by atoms with Gasteiger partial charge in [-0.15, -0.1) is 0 Å². The van der Waals surface area contributed by atoms with Crippen molar-refractivity contribution < 1.29 is 9.18 Å². The molecule has 2 fully saturated rings. The summed E-state index contributed by atoms with van der Waals surface area (Å²) in [6, 6.07) is 1.84.